The molecule has 0 saturated carbocycles. The summed E-state index contributed by atoms with van der Waals surface area (Å²) in [5.74, 6) is 2.79. The summed E-state index contributed by atoms with van der Waals surface area (Å²) in [5.41, 5.74) is 1.10. The zero-order valence-corrected chi connectivity index (χ0v) is 10.1. The molecule has 1 aliphatic rings. The highest BCUT2D eigenvalue weighted by molar-refractivity contribution is 7.99. The molecule has 0 radical (unpaired) electrons. The van der Waals surface area contributed by atoms with Crippen LogP contribution < -0.4 is 0 Å². The standard InChI is InChI=1S/C9H12ClNOS2/c10-2-1-7-5-14-9(11-7)8-6-13-4-3-12-8/h5,8H,1-4,6H2. The minimum absolute atomic E-state index is 0.211. The number of nitrogens with zero attached hydrogens (tertiary/aromatic N) is 1. The summed E-state index contributed by atoms with van der Waals surface area (Å²) in [6.07, 6.45) is 1.07. The SMILES string of the molecule is ClCCc1csc(C2CSCCO2)n1. The number of aromatic nitrogens is 1. The maximum absolute atomic E-state index is 5.66. The molecule has 0 spiro atoms. The first-order valence-corrected chi connectivity index (χ1v) is 7.16. The number of aryl methyl sites for hydroxylation is 1. The van der Waals surface area contributed by atoms with Crippen molar-refractivity contribution in [3.8, 4) is 0 Å². The van der Waals surface area contributed by atoms with Crippen molar-refractivity contribution in [1.29, 1.82) is 0 Å². The number of hydrogen-bond donors (Lipinski definition) is 0. The molecule has 0 aliphatic carbocycles. The Balaban J connectivity index is 2.00. The summed E-state index contributed by atoms with van der Waals surface area (Å²) in [6.45, 7) is 0.847. The first-order chi connectivity index (χ1) is 6.90. The minimum Gasteiger partial charge on any atom is -0.369 e. The molecule has 1 aromatic rings. The Hall–Kier alpha value is 0.230. The molecule has 14 heavy (non-hydrogen) atoms. The lowest BCUT2D eigenvalue weighted by Crippen LogP contribution is -2.15. The highest BCUT2D eigenvalue weighted by Crippen LogP contribution is 2.28. The largest absolute Gasteiger partial charge is 0.369 e. The van der Waals surface area contributed by atoms with Gasteiger partial charge in [0, 0.05) is 29.2 Å². The molecule has 2 nitrogen and oxygen atoms in total. The van der Waals surface area contributed by atoms with E-state index in [9.17, 15) is 0 Å². The molecule has 1 saturated heterocycles. The van der Waals surface area contributed by atoms with Gasteiger partial charge in [0.2, 0.25) is 0 Å². The topological polar surface area (TPSA) is 22.1 Å². The van der Waals surface area contributed by atoms with Crippen molar-refractivity contribution >= 4 is 34.7 Å². The van der Waals surface area contributed by atoms with Gasteiger partial charge in [-0.15, -0.1) is 22.9 Å². The second-order valence-corrected chi connectivity index (χ2v) is 5.47. The molecule has 0 N–H and O–H groups in total. The lowest BCUT2D eigenvalue weighted by Gasteiger charge is -2.19. The second-order valence-electron chi connectivity index (χ2n) is 3.05. The zero-order chi connectivity index (χ0) is 9.80. The van der Waals surface area contributed by atoms with E-state index in [1.54, 1.807) is 11.3 Å². The van der Waals surface area contributed by atoms with E-state index < -0.39 is 0 Å². The molecule has 2 rings (SSSR count). The van der Waals surface area contributed by atoms with Crippen LogP contribution in [0.15, 0.2) is 5.38 Å². The fourth-order valence-corrected chi connectivity index (χ4v) is 3.36. The van der Waals surface area contributed by atoms with Crippen molar-refractivity contribution in [3.05, 3.63) is 16.1 Å². The highest BCUT2D eigenvalue weighted by Gasteiger charge is 2.19. The molecular weight excluding hydrogens is 238 g/mol. The van der Waals surface area contributed by atoms with E-state index in [2.05, 4.69) is 10.4 Å². The highest BCUT2D eigenvalue weighted by atomic mass is 35.5. The van der Waals surface area contributed by atoms with Crippen molar-refractivity contribution in [2.75, 3.05) is 24.0 Å². The average molecular weight is 250 g/mol. The van der Waals surface area contributed by atoms with Crippen molar-refractivity contribution in [2.45, 2.75) is 12.5 Å². The maximum atomic E-state index is 5.66. The number of rotatable bonds is 3. The van der Waals surface area contributed by atoms with Crippen LogP contribution in [-0.4, -0.2) is 29.0 Å². The van der Waals surface area contributed by atoms with Crippen LogP contribution in [0, 0.1) is 0 Å². The number of thiazole rings is 1. The third kappa shape index (κ3) is 2.63. The Morgan fingerprint density at radius 1 is 1.64 bits per heavy atom. The second kappa shape index (κ2) is 5.35. The van der Waals surface area contributed by atoms with Crippen LogP contribution in [0.2, 0.25) is 0 Å². The Labute approximate surface area is 97.0 Å². The van der Waals surface area contributed by atoms with E-state index in [-0.39, 0.29) is 6.10 Å². The fourth-order valence-electron chi connectivity index (χ4n) is 1.31. The molecule has 78 valence electrons. The fraction of sp³-hybridized carbons (Fsp3) is 0.667. The lowest BCUT2D eigenvalue weighted by molar-refractivity contribution is 0.0754. The van der Waals surface area contributed by atoms with Gasteiger partial charge in [-0.1, -0.05) is 0 Å². The molecule has 1 aromatic heterocycles. The summed E-state index contributed by atoms with van der Waals surface area (Å²) in [7, 11) is 0. The Bertz CT molecular complexity index is 286. The lowest BCUT2D eigenvalue weighted by atomic mass is 10.3. The van der Waals surface area contributed by atoms with Gasteiger partial charge >= 0.3 is 0 Å². The van der Waals surface area contributed by atoms with Crippen LogP contribution in [0.4, 0.5) is 0 Å². The first kappa shape index (κ1) is 10.7. The molecule has 0 bridgehead atoms. The van der Waals surface area contributed by atoms with E-state index in [0.717, 1.165) is 35.2 Å². The quantitative estimate of drug-likeness (QED) is 0.769. The molecule has 2 heterocycles. The van der Waals surface area contributed by atoms with Gasteiger partial charge in [-0.05, 0) is 0 Å². The van der Waals surface area contributed by atoms with Gasteiger partial charge in [0.1, 0.15) is 11.1 Å². The van der Waals surface area contributed by atoms with Gasteiger partial charge in [0.25, 0.3) is 0 Å². The predicted molar refractivity (Wildman–Crippen MR) is 62.6 cm³/mol. The maximum Gasteiger partial charge on any atom is 0.123 e. The van der Waals surface area contributed by atoms with Crippen LogP contribution in [0.5, 0.6) is 0 Å². The van der Waals surface area contributed by atoms with Crippen molar-refractivity contribution in [2.24, 2.45) is 0 Å². The van der Waals surface area contributed by atoms with Gasteiger partial charge in [0.15, 0.2) is 0 Å². The van der Waals surface area contributed by atoms with E-state index in [4.69, 9.17) is 16.3 Å². The van der Waals surface area contributed by atoms with Crippen LogP contribution in [-0.2, 0) is 11.2 Å². The molecule has 5 heteroatoms. The number of alkyl halides is 1. The molecular formula is C9H12ClNOS2. The molecule has 1 fully saturated rings. The van der Waals surface area contributed by atoms with Crippen molar-refractivity contribution in [1.82, 2.24) is 4.98 Å². The Kier molecular flexibility index (Phi) is 4.10. The summed E-state index contributed by atoms with van der Waals surface area (Å²) in [6, 6.07) is 0. The van der Waals surface area contributed by atoms with E-state index in [0.29, 0.717) is 5.88 Å². The number of ether oxygens (including phenoxy) is 1. The first-order valence-electron chi connectivity index (χ1n) is 4.60. The van der Waals surface area contributed by atoms with Gasteiger partial charge in [-0.2, -0.15) is 11.8 Å². The van der Waals surface area contributed by atoms with Gasteiger partial charge in [-0.3, -0.25) is 0 Å². The smallest absolute Gasteiger partial charge is 0.123 e. The average Bonchev–Trinajstić information content (AvgIpc) is 2.68. The molecule has 0 amide bonds. The monoisotopic (exact) mass is 249 g/mol. The van der Waals surface area contributed by atoms with Crippen LogP contribution in [0.3, 0.4) is 0 Å². The normalized spacial score (nSPS) is 22.5. The summed E-state index contributed by atoms with van der Waals surface area (Å²) in [4.78, 5) is 4.52. The number of hydrogen-bond acceptors (Lipinski definition) is 4. The minimum atomic E-state index is 0.211. The summed E-state index contributed by atoms with van der Waals surface area (Å²) >= 11 is 9.28. The van der Waals surface area contributed by atoms with E-state index in [1.807, 2.05) is 11.8 Å². The third-order valence-corrected chi connectivity index (χ3v) is 4.18. The Morgan fingerprint density at radius 2 is 2.57 bits per heavy atom. The van der Waals surface area contributed by atoms with Crippen LogP contribution in [0.25, 0.3) is 0 Å². The van der Waals surface area contributed by atoms with E-state index >= 15 is 0 Å². The molecule has 0 aromatic carbocycles. The molecule has 1 unspecified atom stereocenters. The molecule has 1 aliphatic heterocycles. The van der Waals surface area contributed by atoms with Crippen LogP contribution >= 0.6 is 34.7 Å². The Morgan fingerprint density at radius 3 is 3.29 bits per heavy atom. The summed E-state index contributed by atoms with van der Waals surface area (Å²) in [5, 5.41) is 3.19. The van der Waals surface area contributed by atoms with Gasteiger partial charge in [0.05, 0.1) is 12.3 Å². The number of thioether (sulfide) groups is 1. The number of halogens is 1. The van der Waals surface area contributed by atoms with Crippen LogP contribution in [0.1, 0.15) is 16.8 Å². The predicted octanol–water partition coefficient (Wildman–Crippen LogP) is 2.73. The molecule has 1 atom stereocenters. The summed E-state index contributed by atoms with van der Waals surface area (Å²) < 4.78 is 5.65. The van der Waals surface area contributed by atoms with E-state index in [1.165, 1.54) is 0 Å². The van der Waals surface area contributed by atoms with Crippen molar-refractivity contribution in [3.63, 3.8) is 0 Å². The van der Waals surface area contributed by atoms with Gasteiger partial charge < -0.3 is 4.74 Å². The zero-order valence-electron chi connectivity index (χ0n) is 7.74. The van der Waals surface area contributed by atoms with Crippen molar-refractivity contribution < 1.29 is 4.74 Å². The van der Waals surface area contributed by atoms with Gasteiger partial charge in [-0.25, -0.2) is 4.98 Å². The third-order valence-electron chi connectivity index (χ3n) is 2.01.